The fourth-order valence-electron chi connectivity index (χ4n) is 2.68. The quantitative estimate of drug-likeness (QED) is 0.639. The maximum absolute atomic E-state index is 6.22. The van der Waals surface area contributed by atoms with Crippen LogP contribution in [0.1, 0.15) is 29.7 Å². The van der Waals surface area contributed by atoms with Crippen LogP contribution in [0.4, 0.5) is 11.5 Å². The third-order valence-corrected chi connectivity index (χ3v) is 4.72. The van der Waals surface area contributed by atoms with Gasteiger partial charge in [0, 0.05) is 5.02 Å². The van der Waals surface area contributed by atoms with Crippen molar-refractivity contribution in [2.75, 3.05) is 11.1 Å². The highest BCUT2D eigenvalue weighted by molar-refractivity contribution is 6.32. The van der Waals surface area contributed by atoms with Gasteiger partial charge < -0.3 is 15.8 Å². The minimum atomic E-state index is 0.0428. The number of nitrogens with one attached hydrogen (secondary N) is 1. The highest BCUT2D eigenvalue weighted by atomic mass is 35.5. The average Bonchev–Trinajstić information content (AvgIpc) is 2.63. The first-order valence-corrected chi connectivity index (χ1v) is 8.70. The number of aryl methyl sites for hydroxylation is 2. The first-order valence-electron chi connectivity index (χ1n) is 8.32. The minimum absolute atomic E-state index is 0.0428. The Hall–Kier alpha value is -2.79. The van der Waals surface area contributed by atoms with Gasteiger partial charge in [-0.2, -0.15) is 4.98 Å². The van der Waals surface area contributed by atoms with Gasteiger partial charge in [-0.1, -0.05) is 41.9 Å². The van der Waals surface area contributed by atoms with Crippen molar-refractivity contribution >= 4 is 23.1 Å². The molecule has 0 aliphatic carbocycles. The molecule has 1 aromatic heterocycles. The van der Waals surface area contributed by atoms with Crippen LogP contribution in [0.25, 0.3) is 0 Å². The molecule has 0 aliphatic rings. The number of benzene rings is 2. The summed E-state index contributed by atoms with van der Waals surface area (Å²) in [6.07, 6.45) is 1.43. The fourth-order valence-corrected chi connectivity index (χ4v) is 2.79. The number of hydrogen-bond acceptors (Lipinski definition) is 5. The Morgan fingerprint density at radius 1 is 1.08 bits per heavy atom. The number of ether oxygens (including phenoxy) is 1. The second-order valence-electron chi connectivity index (χ2n) is 6.19. The van der Waals surface area contributed by atoms with Crippen LogP contribution in [0.15, 0.2) is 48.8 Å². The molecule has 0 saturated carbocycles. The molecule has 5 nitrogen and oxygen atoms in total. The van der Waals surface area contributed by atoms with Crippen molar-refractivity contribution in [3.63, 3.8) is 0 Å². The highest BCUT2D eigenvalue weighted by Crippen LogP contribution is 2.33. The van der Waals surface area contributed by atoms with Crippen molar-refractivity contribution in [2.24, 2.45) is 0 Å². The van der Waals surface area contributed by atoms with Crippen LogP contribution in [-0.2, 0) is 0 Å². The summed E-state index contributed by atoms with van der Waals surface area (Å²) in [4.78, 5) is 8.41. The van der Waals surface area contributed by atoms with E-state index in [1.807, 2.05) is 63.2 Å². The second kappa shape index (κ2) is 7.62. The molecule has 0 amide bonds. The van der Waals surface area contributed by atoms with Gasteiger partial charge in [-0.05, 0) is 49.6 Å². The summed E-state index contributed by atoms with van der Waals surface area (Å²) in [7, 11) is 0. The van der Waals surface area contributed by atoms with Crippen molar-refractivity contribution in [1.82, 2.24) is 9.97 Å². The molecule has 1 heterocycles. The lowest BCUT2D eigenvalue weighted by Crippen LogP contribution is -2.11. The van der Waals surface area contributed by atoms with Gasteiger partial charge in [0.1, 0.15) is 17.8 Å². The Bertz CT molecular complexity index is 892. The van der Waals surface area contributed by atoms with Crippen LogP contribution in [0, 0.1) is 13.8 Å². The summed E-state index contributed by atoms with van der Waals surface area (Å²) in [5, 5.41) is 4.04. The number of anilines is 2. The molecular formula is C20H21ClN4O. The number of halogens is 1. The number of nitrogen functional groups attached to an aromatic ring is 1. The zero-order valence-electron chi connectivity index (χ0n) is 15.0. The monoisotopic (exact) mass is 368 g/mol. The summed E-state index contributed by atoms with van der Waals surface area (Å²) in [6.45, 7) is 5.91. The van der Waals surface area contributed by atoms with Gasteiger partial charge in [0.15, 0.2) is 5.82 Å². The standard InChI is InChI=1S/C20H21ClN4O/c1-12-9-16(10-13(2)17(12)21)26-20-18(22)19(23-11-24-20)25-14(3)15-7-5-4-6-8-15/h4-11,14H,22H2,1-3H3,(H,23,24,25). The van der Waals surface area contributed by atoms with E-state index in [1.54, 1.807) is 0 Å². The summed E-state index contributed by atoms with van der Waals surface area (Å²) >= 11 is 6.21. The van der Waals surface area contributed by atoms with E-state index in [0.717, 1.165) is 21.7 Å². The Kier molecular flexibility index (Phi) is 5.28. The SMILES string of the molecule is Cc1cc(Oc2ncnc(NC(C)c3ccccc3)c2N)cc(C)c1Cl. The van der Waals surface area contributed by atoms with Crippen LogP contribution in [0.5, 0.6) is 11.6 Å². The van der Waals surface area contributed by atoms with E-state index in [0.29, 0.717) is 23.1 Å². The van der Waals surface area contributed by atoms with Gasteiger partial charge in [-0.3, -0.25) is 0 Å². The number of nitrogens with two attached hydrogens (primary N) is 1. The van der Waals surface area contributed by atoms with Crippen LogP contribution in [0.2, 0.25) is 5.02 Å². The lowest BCUT2D eigenvalue weighted by Gasteiger charge is -2.17. The molecule has 1 unspecified atom stereocenters. The van der Waals surface area contributed by atoms with Crippen molar-refractivity contribution in [1.29, 1.82) is 0 Å². The van der Waals surface area contributed by atoms with Crippen LogP contribution >= 0.6 is 11.6 Å². The summed E-state index contributed by atoms with van der Waals surface area (Å²) in [5.41, 5.74) is 9.59. The molecule has 0 bridgehead atoms. The van der Waals surface area contributed by atoms with E-state index in [-0.39, 0.29) is 6.04 Å². The largest absolute Gasteiger partial charge is 0.437 e. The lowest BCUT2D eigenvalue weighted by molar-refractivity contribution is 0.463. The third kappa shape index (κ3) is 3.89. The van der Waals surface area contributed by atoms with Gasteiger partial charge >= 0.3 is 0 Å². The number of hydrogen-bond donors (Lipinski definition) is 2. The third-order valence-electron chi connectivity index (χ3n) is 4.12. The maximum atomic E-state index is 6.22. The maximum Gasteiger partial charge on any atom is 0.248 e. The zero-order valence-corrected chi connectivity index (χ0v) is 15.7. The summed E-state index contributed by atoms with van der Waals surface area (Å²) < 4.78 is 5.88. The van der Waals surface area contributed by atoms with Crippen molar-refractivity contribution in [3.8, 4) is 11.6 Å². The van der Waals surface area contributed by atoms with Crippen LogP contribution in [-0.4, -0.2) is 9.97 Å². The number of rotatable bonds is 5. The van der Waals surface area contributed by atoms with Crippen LogP contribution < -0.4 is 15.8 Å². The Morgan fingerprint density at radius 2 is 1.73 bits per heavy atom. The van der Waals surface area contributed by atoms with Gasteiger partial charge in [-0.15, -0.1) is 0 Å². The first-order chi connectivity index (χ1) is 12.5. The van der Waals surface area contributed by atoms with Gasteiger partial charge in [0.2, 0.25) is 5.88 Å². The predicted octanol–water partition coefficient (Wildman–Crippen LogP) is 5.29. The van der Waals surface area contributed by atoms with Crippen LogP contribution in [0.3, 0.4) is 0 Å². The van der Waals surface area contributed by atoms with E-state index in [1.165, 1.54) is 6.33 Å². The molecule has 3 aromatic rings. The molecule has 3 N–H and O–H groups in total. The molecule has 0 aliphatic heterocycles. The Labute approximate surface area is 158 Å². The van der Waals surface area contributed by atoms with E-state index in [9.17, 15) is 0 Å². The number of aromatic nitrogens is 2. The molecule has 6 heteroatoms. The molecule has 1 atom stereocenters. The smallest absolute Gasteiger partial charge is 0.248 e. The normalized spacial score (nSPS) is 11.8. The molecule has 0 fully saturated rings. The van der Waals surface area contributed by atoms with E-state index >= 15 is 0 Å². The molecule has 3 rings (SSSR count). The predicted molar refractivity (Wildman–Crippen MR) is 106 cm³/mol. The van der Waals surface area contributed by atoms with E-state index in [4.69, 9.17) is 22.1 Å². The first kappa shape index (κ1) is 18.0. The second-order valence-corrected chi connectivity index (χ2v) is 6.57. The zero-order chi connectivity index (χ0) is 18.7. The van der Waals surface area contributed by atoms with Crippen molar-refractivity contribution in [2.45, 2.75) is 26.8 Å². The number of nitrogens with zero attached hydrogens (tertiary/aromatic N) is 2. The topological polar surface area (TPSA) is 73.1 Å². The van der Waals surface area contributed by atoms with E-state index < -0.39 is 0 Å². The molecule has 0 radical (unpaired) electrons. The molecule has 26 heavy (non-hydrogen) atoms. The van der Waals surface area contributed by atoms with Gasteiger partial charge in [0.25, 0.3) is 0 Å². The molecule has 0 spiro atoms. The summed E-state index contributed by atoms with van der Waals surface area (Å²) in [6, 6.07) is 13.8. The summed E-state index contributed by atoms with van der Waals surface area (Å²) in [5.74, 6) is 1.48. The fraction of sp³-hybridized carbons (Fsp3) is 0.200. The molecule has 0 saturated heterocycles. The molecule has 2 aromatic carbocycles. The highest BCUT2D eigenvalue weighted by Gasteiger charge is 2.14. The molecule has 134 valence electrons. The van der Waals surface area contributed by atoms with Crippen molar-refractivity contribution in [3.05, 3.63) is 70.5 Å². The van der Waals surface area contributed by atoms with E-state index in [2.05, 4.69) is 15.3 Å². The molecular weight excluding hydrogens is 348 g/mol. The van der Waals surface area contributed by atoms with Gasteiger partial charge in [-0.25, -0.2) is 4.98 Å². The van der Waals surface area contributed by atoms with Gasteiger partial charge in [0.05, 0.1) is 6.04 Å². The lowest BCUT2D eigenvalue weighted by atomic mass is 10.1. The van der Waals surface area contributed by atoms with Crippen molar-refractivity contribution < 1.29 is 4.74 Å². The minimum Gasteiger partial charge on any atom is -0.437 e. The average molecular weight is 369 g/mol. The Balaban J connectivity index is 1.83. The Morgan fingerprint density at radius 3 is 2.38 bits per heavy atom.